The lowest BCUT2D eigenvalue weighted by atomic mass is 10.1. The molecule has 0 amide bonds. The molecule has 0 unspecified atom stereocenters. The summed E-state index contributed by atoms with van der Waals surface area (Å²) in [7, 11) is 0. The number of benzene rings is 2. The van der Waals surface area contributed by atoms with Gasteiger partial charge in [-0.1, -0.05) is 11.6 Å². The van der Waals surface area contributed by atoms with Gasteiger partial charge in [-0.15, -0.1) is 0 Å². The number of hydrogen-bond acceptors (Lipinski definition) is 3. The van der Waals surface area contributed by atoms with E-state index in [0.717, 1.165) is 12.1 Å². The van der Waals surface area contributed by atoms with Crippen LogP contribution in [0.4, 0.5) is 24.5 Å². The molecule has 0 fully saturated rings. The Labute approximate surface area is 149 Å². The lowest BCUT2D eigenvalue weighted by molar-refractivity contribution is -0.137. The molecule has 7 heteroatoms. The summed E-state index contributed by atoms with van der Waals surface area (Å²) in [4.78, 5) is 0. The van der Waals surface area contributed by atoms with Crippen LogP contribution in [0.5, 0.6) is 0 Å². The summed E-state index contributed by atoms with van der Waals surface area (Å²) < 4.78 is 38.2. The lowest BCUT2D eigenvalue weighted by Gasteiger charge is -2.25. The highest BCUT2D eigenvalue weighted by atomic mass is 35.5. The molecule has 2 N–H and O–H groups in total. The molecule has 134 valence electrons. The number of hydrogen-bond donors (Lipinski definition) is 1. The van der Waals surface area contributed by atoms with Crippen molar-refractivity contribution in [2.75, 3.05) is 10.7 Å². The predicted octanol–water partition coefficient (Wildman–Crippen LogP) is 5.58. The minimum absolute atomic E-state index is 0.0629. The van der Waals surface area contributed by atoms with Gasteiger partial charge in [0.25, 0.3) is 0 Å². The summed E-state index contributed by atoms with van der Waals surface area (Å²) in [6.07, 6.45) is -4.37. The van der Waals surface area contributed by atoms with Crippen LogP contribution in [-0.2, 0) is 6.18 Å². The lowest BCUT2D eigenvalue weighted by Crippen LogP contribution is -2.26. The first-order valence-electron chi connectivity index (χ1n) is 7.66. The Morgan fingerprint density at radius 1 is 1.12 bits per heavy atom. The molecule has 0 bridgehead atoms. The first-order chi connectivity index (χ1) is 11.6. The van der Waals surface area contributed by atoms with Crippen LogP contribution >= 0.6 is 11.6 Å². The topological polar surface area (TPSA) is 41.6 Å². The Morgan fingerprint density at radius 2 is 1.72 bits per heavy atom. The molecule has 0 aliphatic rings. The Morgan fingerprint density at radius 3 is 2.24 bits per heavy atom. The zero-order valence-corrected chi connectivity index (χ0v) is 14.9. The average molecular weight is 370 g/mol. The Kier molecular flexibility index (Phi) is 5.62. The van der Waals surface area contributed by atoms with Gasteiger partial charge in [-0.25, -0.2) is 0 Å². The van der Waals surface area contributed by atoms with Crippen LogP contribution in [0.3, 0.4) is 0 Å². The van der Waals surface area contributed by atoms with Crippen molar-refractivity contribution < 1.29 is 13.2 Å². The standard InChI is InChI=1S/C18H19ClF3N3/c1-11(2)25(15-7-4-13(5-8-15)18(20,21)22)24-12(3)16-10-14(19)6-9-17(16)23/h4-11H,23H2,1-3H3/b24-12+. The molecular formula is C18H19ClF3N3. The SMILES string of the molecule is C/C(=N\N(c1ccc(C(F)(F)F)cc1)C(C)C)c1cc(Cl)ccc1N. The van der Waals surface area contributed by atoms with Crippen LogP contribution < -0.4 is 10.7 Å². The van der Waals surface area contributed by atoms with Crippen molar-refractivity contribution in [3.05, 3.63) is 58.6 Å². The highest BCUT2D eigenvalue weighted by Gasteiger charge is 2.30. The third kappa shape index (κ3) is 4.66. The first-order valence-corrected chi connectivity index (χ1v) is 8.04. The number of halogens is 4. The predicted molar refractivity (Wildman–Crippen MR) is 97.1 cm³/mol. The third-order valence-corrected chi connectivity index (χ3v) is 3.85. The van der Waals surface area contributed by atoms with Gasteiger partial charge in [0.1, 0.15) is 0 Å². The fraction of sp³-hybridized carbons (Fsp3) is 0.278. The number of hydrazone groups is 1. The van der Waals surface area contributed by atoms with Crippen LogP contribution in [0.25, 0.3) is 0 Å². The molecule has 25 heavy (non-hydrogen) atoms. The molecule has 3 nitrogen and oxygen atoms in total. The van der Waals surface area contributed by atoms with Crippen LogP contribution in [0.2, 0.25) is 5.02 Å². The van der Waals surface area contributed by atoms with Crippen LogP contribution in [0.1, 0.15) is 31.9 Å². The molecule has 0 saturated carbocycles. The van der Waals surface area contributed by atoms with E-state index in [4.69, 9.17) is 17.3 Å². The summed E-state index contributed by atoms with van der Waals surface area (Å²) in [5.74, 6) is 0. The van der Waals surface area contributed by atoms with Gasteiger partial charge in [0.15, 0.2) is 0 Å². The van der Waals surface area contributed by atoms with Gasteiger partial charge in [0.05, 0.1) is 17.0 Å². The maximum absolute atomic E-state index is 12.7. The van der Waals surface area contributed by atoms with Crippen molar-refractivity contribution in [1.29, 1.82) is 0 Å². The van der Waals surface area contributed by atoms with E-state index in [9.17, 15) is 13.2 Å². The molecule has 0 saturated heterocycles. The van der Waals surface area contributed by atoms with Crippen molar-refractivity contribution in [2.45, 2.75) is 33.0 Å². The van der Waals surface area contributed by atoms with E-state index >= 15 is 0 Å². The number of rotatable bonds is 4. The molecule has 0 aliphatic carbocycles. The molecule has 0 radical (unpaired) electrons. The maximum atomic E-state index is 12.7. The smallest absolute Gasteiger partial charge is 0.398 e. The van der Waals surface area contributed by atoms with Gasteiger partial charge < -0.3 is 5.73 Å². The highest BCUT2D eigenvalue weighted by molar-refractivity contribution is 6.31. The summed E-state index contributed by atoms with van der Waals surface area (Å²) in [6, 6.07) is 9.92. The van der Waals surface area contributed by atoms with E-state index in [1.54, 1.807) is 30.1 Å². The van der Waals surface area contributed by atoms with E-state index in [-0.39, 0.29) is 6.04 Å². The minimum Gasteiger partial charge on any atom is -0.398 e. The van der Waals surface area contributed by atoms with E-state index in [1.165, 1.54) is 12.1 Å². The van der Waals surface area contributed by atoms with Gasteiger partial charge in [0, 0.05) is 22.3 Å². The summed E-state index contributed by atoms with van der Waals surface area (Å²) in [5.41, 5.74) is 7.66. The van der Waals surface area contributed by atoms with E-state index < -0.39 is 11.7 Å². The monoisotopic (exact) mass is 369 g/mol. The summed E-state index contributed by atoms with van der Waals surface area (Å²) >= 11 is 6.01. The normalized spacial score (nSPS) is 12.6. The van der Waals surface area contributed by atoms with Crippen LogP contribution in [0, 0.1) is 0 Å². The van der Waals surface area contributed by atoms with E-state index in [0.29, 0.717) is 27.7 Å². The zero-order chi connectivity index (χ0) is 18.8. The second-order valence-electron chi connectivity index (χ2n) is 5.90. The van der Waals surface area contributed by atoms with Gasteiger partial charge >= 0.3 is 6.18 Å². The number of anilines is 2. The number of nitrogens with two attached hydrogens (primary N) is 1. The molecule has 2 rings (SSSR count). The second kappa shape index (κ2) is 7.35. The minimum atomic E-state index is -4.37. The Hall–Kier alpha value is -2.21. The number of alkyl halides is 3. The molecule has 0 aliphatic heterocycles. The van der Waals surface area contributed by atoms with Crippen molar-refractivity contribution in [1.82, 2.24) is 0 Å². The Bertz CT molecular complexity index is 768. The fourth-order valence-electron chi connectivity index (χ4n) is 2.33. The van der Waals surface area contributed by atoms with Crippen LogP contribution in [0.15, 0.2) is 47.6 Å². The van der Waals surface area contributed by atoms with E-state index in [1.807, 2.05) is 13.8 Å². The van der Waals surface area contributed by atoms with Gasteiger partial charge in [0.2, 0.25) is 0 Å². The van der Waals surface area contributed by atoms with Crippen molar-refractivity contribution in [3.63, 3.8) is 0 Å². The van der Waals surface area contributed by atoms with Gasteiger partial charge in [-0.3, -0.25) is 5.01 Å². The molecular weight excluding hydrogens is 351 g/mol. The molecule has 0 aromatic heterocycles. The fourth-order valence-corrected chi connectivity index (χ4v) is 2.50. The third-order valence-electron chi connectivity index (χ3n) is 3.61. The average Bonchev–Trinajstić information content (AvgIpc) is 2.53. The van der Waals surface area contributed by atoms with E-state index in [2.05, 4.69) is 5.10 Å². The number of nitrogens with zero attached hydrogens (tertiary/aromatic N) is 2. The summed E-state index contributed by atoms with van der Waals surface area (Å²) in [6.45, 7) is 5.58. The van der Waals surface area contributed by atoms with Gasteiger partial charge in [-0.05, 0) is 63.2 Å². The largest absolute Gasteiger partial charge is 0.416 e. The molecule has 2 aromatic carbocycles. The van der Waals surface area contributed by atoms with Crippen molar-refractivity contribution in [2.24, 2.45) is 5.10 Å². The number of nitrogen functional groups attached to an aromatic ring is 1. The first kappa shape index (κ1) is 19.1. The molecule has 0 spiro atoms. The van der Waals surface area contributed by atoms with Crippen molar-refractivity contribution in [3.8, 4) is 0 Å². The Balaban J connectivity index is 2.39. The zero-order valence-electron chi connectivity index (χ0n) is 14.1. The molecule has 2 aromatic rings. The van der Waals surface area contributed by atoms with Crippen LogP contribution in [-0.4, -0.2) is 11.8 Å². The second-order valence-corrected chi connectivity index (χ2v) is 6.34. The van der Waals surface area contributed by atoms with Crippen molar-refractivity contribution >= 4 is 28.7 Å². The highest BCUT2D eigenvalue weighted by Crippen LogP contribution is 2.31. The quantitative estimate of drug-likeness (QED) is 0.434. The molecule has 0 heterocycles. The summed E-state index contributed by atoms with van der Waals surface area (Å²) in [5, 5.41) is 6.72. The maximum Gasteiger partial charge on any atom is 0.416 e. The molecule has 0 atom stereocenters. The van der Waals surface area contributed by atoms with Gasteiger partial charge in [-0.2, -0.15) is 18.3 Å².